The van der Waals surface area contributed by atoms with Crippen molar-refractivity contribution in [1.82, 2.24) is 10.2 Å². The van der Waals surface area contributed by atoms with Gasteiger partial charge in [0.15, 0.2) is 9.84 Å². The second-order valence-electron chi connectivity index (χ2n) is 5.73. The average molecular weight is 396 g/mol. The molecule has 0 aliphatic rings. The van der Waals surface area contributed by atoms with Crippen LogP contribution >= 0.6 is 11.6 Å². The van der Waals surface area contributed by atoms with E-state index in [0.29, 0.717) is 28.1 Å². The lowest BCUT2D eigenvalue weighted by Gasteiger charge is -2.10. The Morgan fingerprint density at radius 3 is 2.58 bits per heavy atom. The van der Waals surface area contributed by atoms with Gasteiger partial charge in [-0.05, 0) is 48.0 Å². The summed E-state index contributed by atoms with van der Waals surface area (Å²) in [5, 5.41) is 11.5. The van der Waals surface area contributed by atoms with Crippen LogP contribution in [0.15, 0.2) is 46.9 Å². The highest BCUT2D eigenvalue weighted by atomic mass is 35.5. The van der Waals surface area contributed by atoms with Gasteiger partial charge in [-0.15, -0.1) is 10.2 Å². The van der Waals surface area contributed by atoms with Crippen molar-refractivity contribution in [2.24, 2.45) is 0 Å². The van der Waals surface area contributed by atoms with E-state index >= 15 is 0 Å². The van der Waals surface area contributed by atoms with E-state index in [9.17, 15) is 12.8 Å². The van der Waals surface area contributed by atoms with E-state index in [1.165, 1.54) is 18.2 Å². The van der Waals surface area contributed by atoms with Crippen LogP contribution in [0.4, 0.5) is 10.1 Å². The molecule has 0 saturated carbocycles. The smallest absolute Gasteiger partial charge is 0.247 e. The summed E-state index contributed by atoms with van der Waals surface area (Å²) in [4.78, 5) is 0. The molecule has 0 aliphatic carbocycles. The SMILES string of the molecule is CS(=O)(=O)Cc1cc(F)ccc1NCc1nnc(-c2ccc(Cl)cc2)o1. The molecule has 0 amide bonds. The summed E-state index contributed by atoms with van der Waals surface area (Å²) < 4.78 is 42.1. The molecule has 6 nitrogen and oxygen atoms in total. The van der Waals surface area contributed by atoms with Crippen LogP contribution < -0.4 is 5.32 Å². The Balaban J connectivity index is 1.74. The Morgan fingerprint density at radius 1 is 1.15 bits per heavy atom. The summed E-state index contributed by atoms with van der Waals surface area (Å²) >= 11 is 5.85. The maximum Gasteiger partial charge on any atom is 0.247 e. The number of halogens is 2. The van der Waals surface area contributed by atoms with Crippen molar-refractivity contribution in [1.29, 1.82) is 0 Å². The molecule has 1 aromatic heterocycles. The standard InChI is InChI=1S/C17H15ClFN3O3S/c1-26(23,24)10-12-8-14(19)6-7-15(12)20-9-16-21-22-17(25-16)11-2-4-13(18)5-3-11/h2-8,20H,9-10H2,1H3. The number of sulfone groups is 1. The van der Waals surface area contributed by atoms with Crippen molar-refractivity contribution in [3.8, 4) is 11.5 Å². The van der Waals surface area contributed by atoms with Gasteiger partial charge in [0.25, 0.3) is 0 Å². The molecule has 0 unspecified atom stereocenters. The van der Waals surface area contributed by atoms with E-state index in [0.717, 1.165) is 11.8 Å². The van der Waals surface area contributed by atoms with Gasteiger partial charge >= 0.3 is 0 Å². The maximum absolute atomic E-state index is 13.4. The van der Waals surface area contributed by atoms with Gasteiger partial charge in [-0.1, -0.05) is 11.6 Å². The van der Waals surface area contributed by atoms with Crippen molar-refractivity contribution >= 4 is 27.1 Å². The molecule has 1 N–H and O–H groups in total. The molecule has 2 aromatic carbocycles. The molecule has 0 aliphatic heterocycles. The molecule has 0 spiro atoms. The Labute approximate surface area is 154 Å². The van der Waals surface area contributed by atoms with Crippen molar-refractivity contribution < 1.29 is 17.2 Å². The number of hydrogen-bond donors (Lipinski definition) is 1. The van der Waals surface area contributed by atoms with Gasteiger partial charge in [-0.3, -0.25) is 0 Å². The molecule has 9 heteroatoms. The lowest BCUT2D eigenvalue weighted by atomic mass is 10.2. The minimum absolute atomic E-state index is 0.170. The number of aromatic nitrogens is 2. The van der Waals surface area contributed by atoms with Crippen LogP contribution in [0.5, 0.6) is 0 Å². The van der Waals surface area contributed by atoms with E-state index < -0.39 is 15.7 Å². The van der Waals surface area contributed by atoms with Crippen LogP contribution in [0.3, 0.4) is 0 Å². The van der Waals surface area contributed by atoms with Gasteiger partial charge in [0, 0.05) is 22.5 Å². The highest BCUT2D eigenvalue weighted by Gasteiger charge is 2.13. The summed E-state index contributed by atoms with van der Waals surface area (Å²) in [7, 11) is -3.30. The number of rotatable bonds is 6. The summed E-state index contributed by atoms with van der Waals surface area (Å²) in [5.74, 6) is -0.122. The first-order valence-electron chi connectivity index (χ1n) is 7.58. The van der Waals surface area contributed by atoms with Gasteiger partial charge < -0.3 is 9.73 Å². The third-order valence-electron chi connectivity index (χ3n) is 3.47. The number of benzene rings is 2. The zero-order valence-electron chi connectivity index (χ0n) is 13.7. The molecule has 0 radical (unpaired) electrons. The topological polar surface area (TPSA) is 85.1 Å². The average Bonchev–Trinajstić information content (AvgIpc) is 3.02. The van der Waals surface area contributed by atoms with Crippen molar-refractivity contribution in [3.05, 3.63) is 64.8 Å². The van der Waals surface area contributed by atoms with Gasteiger partial charge in [0.2, 0.25) is 11.8 Å². The number of hydrogen-bond acceptors (Lipinski definition) is 6. The van der Waals surface area contributed by atoms with Gasteiger partial charge in [0.1, 0.15) is 5.82 Å². The summed E-state index contributed by atoms with van der Waals surface area (Å²) in [6, 6.07) is 10.9. The Bertz CT molecular complexity index is 1020. The second kappa shape index (κ2) is 7.43. The highest BCUT2D eigenvalue weighted by molar-refractivity contribution is 7.89. The third-order valence-corrected chi connectivity index (χ3v) is 4.56. The molecule has 0 saturated heterocycles. The van der Waals surface area contributed by atoms with Gasteiger partial charge in [0.05, 0.1) is 12.3 Å². The Hall–Kier alpha value is -2.45. The van der Waals surface area contributed by atoms with Crippen molar-refractivity contribution in [2.75, 3.05) is 11.6 Å². The Morgan fingerprint density at radius 2 is 1.88 bits per heavy atom. The monoisotopic (exact) mass is 395 g/mol. The van der Waals surface area contributed by atoms with E-state index in [-0.39, 0.29) is 12.3 Å². The molecule has 3 rings (SSSR count). The Kier molecular flexibility index (Phi) is 5.24. The molecule has 136 valence electrons. The highest BCUT2D eigenvalue weighted by Crippen LogP contribution is 2.22. The van der Waals surface area contributed by atoms with Crippen LogP contribution in [0.1, 0.15) is 11.5 Å². The van der Waals surface area contributed by atoms with E-state index in [1.807, 2.05) is 0 Å². The predicted molar refractivity (Wildman–Crippen MR) is 97.0 cm³/mol. The first-order valence-corrected chi connectivity index (χ1v) is 10.0. The second-order valence-corrected chi connectivity index (χ2v) is 8.31. The van der Waals surface area contributed by atoms with E-state index in [4.69, 9.17) is 16.0 Å². The normalized spacial score (nSPS) is 11.5. The first-order chi connectivity index (χ1) is 12.3. The molecule has 1 heterocycles. The first kappa shape index (κ1) is 18.3. The van der Waals surface area contributed by atoms with Crippen LogP contribution in [0.2, 0.25) is 5.02 Å². The number of nitrogens with zero attached hydrogens (tertiary/aromatic N) is 2. The maximum atomic E-state index is 13.4. The minimum atomic E-state index is -3.30. The van der Waals surface area contributed by atoms with E-state index in [2.05, 4.69) is 15.5 Å². The summed E-state index contributed by atoms with van der Waals surface area (Å²) in [6.45, 7) is 0.170. The van der Waals surface area contributed by atoms with Crippen LogP contribution in [-0.2, 0) is 22.1 Å². The molecule has 0 atom stereocenters. The largest absolute Gasteiger partial charge is 0.419 e. The van der Waals surface area contributed by atoms with Crippen LogP contribution in [0.25, 0.3) is 11.5 Å². The van der Waals surface area contributed by atoms with Crippen LogP contribution in [0, 0.1) is 5.82 Å². The van der Waals surface area contributed by atoms with Crippen molar-refractivity contribution in [3.63, 3.8) is 0 Å². The zero-order valence-corrected chi connectivity index (χ0v) is 15.3. The van der Waals surface area contributed by atoms with Gasteiger partial charge in [-0.25, -0.2) is 12.8 Å². The fraction of sp³-hybridized carbons (Fsp3) is 0.176. The molecule has 26 heavy (non-hydrogen) atoms. The van der Waals surface area contributed by atoms with E-state index in [1.54, 1.807) is 24.3 Å². The summed E-state index contributed by atoms with van der Waals surface area (Å²) in [5.41, 5.74) is 1.56. The fourth-order valence-corrected chi connectivity index (χ4v) is 3.27. The van der Waals surface area contributed by atoms with Crippen LogP contribution in [-0.4, -0.2) is 24.9 Å². The quantitative estimate of drug-likeness (QED) is 0.685. The van der Waals surface area contributed by atoms with Crippen molar-refractivity contribution in [2.45, 2.75) is 12.3 Å². The number of nitrogens with one attached hydrogen (secondary N) is 1. The fourth-order valence-electron chi connectivity index (χ4n) is 2.34. The summed E-state index contributed by atoms with van der Waals surface area (Å²) in [6.07, 6.45) is 1.10. The number of anilines is 1. The lowest BCUT2D eigenvalue weighted by Crippen LogP contribution is -2.07. The molecular weight excluding hydrogens is 381 g/mol. The minimum Gasteiger partial charge on any atom is -0.419 e. The van der Waals surface area contributed by atoms with Gasteiger partial charge in [-0.2, -0.15) is 0 Å². The molecule has 3 aromatic rings. The zero-order chi connectivity index (χ0) is 18.7. The molecular formula is C17H15ClFN3O3S. The molecule has 0 bridgehead atoms. The predicted octanol–water partition coefficient (Wildman–Crippen LogP) is 3.69. The molecule has 0 fully saturated rings. The lowest BCUT2D eigenvalue weighted by molar-refractivity contribution is 0.515. The third kappa shape index (κ3) is 4.80.